The lowest BCUT2D eigenvalue weighted by Crippen LogP contribution is -2.30. The Morgan fingerprint density at radius 3 is 2.26 bits per heavy atom. The van der Waals surface area contributed by atoms with E-state index >= 15 is 0 Å². The van der Waals surface area contributed by atoms with Crippen LogP contribution in [0.25, 0.3) is 0 Å². The molecule has 0 amide bonds. The summed E-state index contributed by atoms with van der Waals surface area (Å²) >= 11 is 9.97. The van der Waals surface area contributed by atoms with E-state index in [0.29, 0.717) is 75.9 Å². The van der Waals surface area contributed by atoms with E-state index in [1.807, 2.05) is 43.3 Å². The zero-order valence-corrected chi connectivity index (χ0v) is 21.8. The van der Waals surface area contributed by atoms with Gasteiger partial charge in [0.2, 0.25) is 0 Å². The minimum atomic E-state index is -0.456. The molecule has 1 aliphatic heterocycles. The van der Waals surface area contributed by atoms with Crippen LogP contribution in [0, 0.1) is 0 Å². The monoisotopic (exact) mass is 556 g/mol. The average molecular weight is 558 g/mol. The number of carbonyl (C=O) groups excluding carboxylic acids is 2. The highest BCUT2D eigenvalue weighted by Crippen LogP contribution is 2.50. The van der Waals surface area contributed by atoms with Crippen LogP contribution in [-0.2, 0) is 20.9 Å². The third kappa shape index (κ3) is 4.66. The molecule has 3 aliphatic rings. The molecule has 2 aromatic rings. The molecular formula is C28H26BrClO5. The summed E-state index contributed by atoms with van der Waals surface area (Å²) in [5.74, 6) is 2.17. The zero-order chi connectivity index (χ0) is 24.5. The quantitative estimate of drug-likeness (QED) is 0.376. The molecule has 0 saturated carbocycles. The molecule has 0 N–H and O–H groups in total. The Morgan fingerprint density at radius 1 is 0.971 bits per heavy atom. The third-order valence-electron chi connectivity index (χ3n) is 6.64. The van der Waals surface area contributed by atoms with Gasteiger partial charge in [0.1, 0.15) is 18.1 Å². The SMILES string of the molecule is CCOc1cc(C2C3=C(CCCC3=O)OC3=C2C(=O)CCC3)cc(Br)c1OCc1ccccc1Cl. The lowest BCUT2D eigenvalue weighted by molar-refractivity contribution is -0.117. The van der Waals surface area contributed by atoms with E-state index in [4.69, 9.17) is 25.8 Å². The number of rotatable bonds is 6. The number of benzene rings is 2. The van der Waals surface area contributed by atoms with Crippen LogP contribution in [0.1, 0.15) is 62.5 Å². The first-order valence-corrected chi connectivity index (χ1v) is 13.2. The molecule has 2 aromatic carbocycles. The molecule has 5 nitrogen and oxygen atoms in total. The summed E-state index contributed by atoms with van der Waals surface area (Å²) < 4.78 is 19.0. The Morgan fingerprint density at radius 2 is 1.63 bits per heavy atom. The van der Waals surface area contributed by atoms with Crippen molar-refractivity contribution >= 4 is 39.1 Å². The summed E-state index contributed by atoms with van der Waals surface area (Å²) in [5, 5.41) is 0.631. The molecule has 5 rings (SSSR count). The Balaban J connectivity index is 1.58. The van der Waals surface area contributed by atoms with Gasteiger partial charge in [-0.1, -0.05) is 29.8 Å². The van der Waals surface area contributed by atoms with Crippen molar-refractivity contribution in [1.29, 1.82) is 0 Å². The second-order valence-electron chi connectivity index (χ2n) is 8.91. The van der Waals surface area contributed by atoms with Gasteiger partial charge >= 0.3 is 0 Å². The van der Waals surface area contributed by atoms with E-state index < -0.39 is 5.92 Å². The summed E-state index contributed by atoms with van der Waals surface area (Å²) in [4.78, 5) is 26.2. The van der Waals surface area contributed by atoms with Gasteiger partial charge in [-0.05, 0) is 59.5 Å². The number of carbonyl (C=O) groups is 2. The molecular weight excluding hydrogens is 532 g/mol. The fourth-order valence-corrected chi connectivity index (χ4v) is 5.84. The molecule has 1 heterocycles. The zero-order valence-electron chi connectivity index (χ0n) is 19.5. The summed E-state index contributed by atoms with van der Waals surface area (Å²) in [7, 11) is 0. The highest BCUT2D eigenvalue weighted by Gasteiger charge is 2.42. The molecule has 0 radical (unpaired) electrons. The first kappa shape index (κ1) is 24.1. The molecule has 0 atom stereocenters. The predicted molar refractivity (Wildman–Crippen MR) is 137 cm³/mol. The minimum Gasteiger partial charge on any atom is -0.490 e. The molecule has 0 saturated heterocycles. The van der Waals surface area contributed by atoms with Crippen LogP contribution >= 0.6 is 27.5 Å². The van der Waals surface area contributed by atoms with Crippen molar-refractivity contribution in [1.82, 2.24) is 0 Å². The van der Waals surface area contributed by atoms with Gasteiger partial charge in [0.05, 0.1) is 11.1 Å². The van der Waals surface area contributed by atoms with Crippen molar-refractivity contribution in [3.63, 3.8) is 0 Å². The van der Waals surface area contributed by atoms with Crippen LogP contribution in [0.5, 0.6) is 11.5 Å². The van der Waals surface area contributed by atoms with Crippen LogP contribution in [0.4, 0.5) is 0 Å². The summed E-state index contributed by atoms with van der Waals surface area (Å²) in [6.45, 7) is 2.62. The topological polar surface area (TPSA) is 61.8 Å². The fourth-order valence-electron chi connectivity index (χ4n) is 5.07. The predicted octanol–water partition coefficient (Wildman–Crippen LogP) is 7.21. The molecule has 7 heteroatoms. The van der Waals surface area contributed by atoms with E-state index in [-0.39, 0.29) is 18.2 Å². The van der Waals surface area contributed by atoms with Crippen molar-refractivity contribution in [2.45, 2.75) is 58.0 Å². The highest BCUT2D eigenvalue weighted by atomic mass is 79.9. The van der Waals surface area contributed by atoms with Crippen LogP contribution in [0.3, 0.4) is 0 Å². The van der Waals surface area contributed by atoms with E-state index in [2.05, 4.69) is 15.9 Å². The molecule has 35 heavy (non-hydrogen) atoms. The summed E-state index contributed by atoms with van der Waals surface area (Å²) in [6.07, 6.45) is 3.89. The van der Waals surface area contributed by atoms with Gasteiger partial charge in [0, 0.05) is 53.3 Å². The van der Waals surface area contributed by atoms with Gasteiger partial charge in [-0.3, -0.25) is 9.59 Å². The maximum atomic E-state index is 13.1. The maximum absolute atomic E-state index is 13.1. The van der Waals surface area contributed by atoms with E-state index in [9.17, 15) is 9.59 Å². The van der Waals surface area contributed by atoms with E-state index in [1.54, 1.807) is 0 Å². The third-order valence-corrected chi connectivity index (χ3v) is 7.59. The summed E-state index contributed by atoms with van der Waals surface area (Å²) in [5.41, 5.74) is 2.91. The van der Waals surface area contributed by atoms with Crippen LogP contribution < -0.4 is 9.47 Å². The fraction of sp³-hybridized carbons (Fsp3) is 0.357. The largest absolute Gasteiger partial charge is 0.490 e. The lowest BCUT2D eigenvalue weighted by Gasteiger charge is -2.36. The van der Waals surface area contributed by atoms with Crippen LogP contribution in [-0.4, -0.2) is 18.2 Å². The minimum absolute atomic E-state index is 0.0503. The highest BCUT2D eigenvalue weighted by molar-refractivity contribution is 9.10. The molecule has 0 bridgehead atoms. The van der Waals surface area contributed by atoms with Crippen molar-refractivity contribution in [2.75, 3.05) is 6.61 Å². The van der Waals surface area contributed by atoms with E-state index in [1.165, 1.54) is 0 Å². The number of hydrogen-bond donors (Lipinski definition) is 0. The molecule has 0 fully saturated rings. The molecule has 0 spiro atoms. The first-order chi connectivity index (χ1) is 17.0. The second-order valence-corrected chi connectivity index (χ2v) is 10.2. The number of allylic oxidation sites excluding steroid dienone is 4. The number of ketones is 2. The lowest BCUT2D eigenvalue weighted by atomic mass is 9.73. The smallest absolute Gasteiger partial charge is 0.175 e. The van der Waals surface area contributed by atoms with Gasteiger partial charge < -0.3 is 14.2 Å². The van der Waals surface area contributed by atoms with Gasteiger partial charge in [0.15, 0.2) is 23.1 Å². The average Bonchev–Trinajstić information content (AvgIpc) is 2.84. The van der Waals surface area contributed by atoms with Gasteiger partial charge in [0.25, 0.3) is 0 Å². The Hall–Kier alpha value is -2.57. The summed E-state index contributed by atoms with van der Waals surface area (Å²) in [6, 6.07) is 11.4. The normalized spacial score (nSPS) is 18.3. The van der Waals surface area contributed by atoms with Crippen molar-refractivity contribution in [3.8, 4) is 11.5 Å². The second kappa shape index (κ2) is 10.2. The van der Waals surface area contributed by atoms with E-state index in [0.717, 1.165) is 24.0 Å². The van der Waals surface area contributed by atoms with Crippen molar-refractivity contribution in [2.24, 2.45) is 0 Å². The molecule has 2 aliphatic carbocycles. The molecule has 0 aromatic heterocycles. The van der Waals surface area contributed by atoms with Gasteiger partial charge in [-0.25, -0.2) is 0 Å². The Bertz CT molecular complexity index is 1220. The molecule has 0 unspecified atom stereocenters. The van der Waals surface area contributed by atoms with Gasteiger partial charge in [-0.15, -0.1) is 0 Å². The maximum Gasteiger partial charge on any atom is 0.175 e. The number of halogens is 2. The van der Waals surface area contributed by atoms with Crippen LogP contribution in [0.15, 0.2) is 63.5 Å². The van der Waals surface area contributed by atoms with Crippen molar-refractivity contribution in [3.05, 3.63) is 79.7 Å². The number of Topliss-reactive ketones (excluding diaryl/α,β-unsaturated/α-hetero) is 2. The standard InChI is InChI=1S/C28H26BrClO5/c1-2-33-24-14-17(13-18(29)28(24)34-15-16-7-3-4-8-19(16)30)25-26-20(31)9-5-11-22(26)35-23-12-6-10-21(32)27(23)25/h3-4,7-8,13-14,25H,2,5-6,9-12,15H2,1H3. The number of ether oxygens (including phenoxy) is 3. The van der Waals surface area contributed by atoms with Gasteiger partial charge in [-0.2, -0.15) is 0 Å². The first-order valence-electron chi connectivity index (χ1n) is 12.0. The Labute approximate surface area is 218 Å². The number of hydrogen-bond acceptors (Lipinski definition) is 5. The molecule has 182 valence electrons. The Kier molecular flexibility index (Phi) is 7.03. The van der Waals surface area contributed by atoms with Crippen molar-refractivity contribution < 1.29 is 23.8 Å². The van der Waals surface area contributed by atoms with Crippen LogP contribution in [0.2, 0.25) is 5.02 Å².